The molecule has 0 spiro atoms. The third-order valence-corrected chi connectivity index (χ3v) is 4.49. The van der Waals surface area contributed by atoms with Gasteiger partial charge in [-0.05, 0) is 48.5 Å². The first-order valence-corrected chi connectivity index (χ1v) is 8.20. The smallest absolute Gasteiger partial charge is 0.252 e. The van der Waals surface area contributed by atoms with Crippen LogP contribution in [0.15, 0.2) is 18.2 Å². The standard InChI is InChI=1S/C16H19FN2OS/c17-14-4-3-13(2-1-7-18)15(10-14)16(20)19-11-12-5-8-21-9-6-12/h3-4,10,12H,5-9,11,18H2,(H,19,20). The number of benzene rings is 1. The molecule has 5 heteroatoms. The molecule has 1 aliphatic rings. The SMILES string of the molecule is NCC#Cc1ccc(F)cc1C(=O)NCC1CCSCC1. The van der Waals surface area contributed by atoms with E-state index < -0.39 is 5.82 Å². The van der Waals surface area contributed by atoms with Crippen LogP contribution in [-0.4, -0.2) is 30.5 Å². The van der Waals surface area contributed by atoms with Gasteiger partial charge in [-0.3, -0.25) is 4.79 Å². The highest BCUT2D eigenvalue weighted by atomic mass is 32.2. The normalized spacial score (nSPS) is 15.1. The number of carbonyl (C=O) groups excluding carboxylic acids is 1. The summed E-state index contributed by atoms with van der Waals surface area (Å²) in [6.45, 7) is 0.845. The predicted molar refractivity (Wildman–Crippen MR) is 84.7 cm³/mol. The zero-order valence-corrected chi connectivity index (χ0v) is 12.6. The third kappa shape index (κ3) is 4.76. The Kier molecular flexibility index (Phi) is 6.09. The molecule has 1 fully saturated rings. The van der Waals surface area contributed by atoms with Crippen molar-refractivity contribution in [3.63, 3.8) is 0 Å². The van der Waals surface area contributed by atoms with Crippen LogP contribution in [0.3, 0.4) is 0 Å². The Morgan fingerprint density at radius 3 is 2.90 bits per heavy atom. The van der Waals surface area contributed by atoms with E-state index in [0.29, 0.717) is 18.0 Å². The first-order chi connectivity index (χ1) is 10.2. The van der Waals surface area contributed by atoms with E-state index in [0.717, 1.165) is 24.3 Å². The number of hydrogen-bond donors (Lipinski definition) is 2. The number of thioether (sulfide) groups is 1. The quantitative estimate of drug-likeness (QED) is 0.840. The maximum atomic E-state index is 13.4. The minimum Gasteiger partial charge on any atom is -0.352 e. The van der Waals surface area contributed by atoms with E-state index >= 15 is 0 Å². The largest absolute Gasteiger partial charge is 0.352 e. The number of amides is 1. The van der Waals surface area contributed by atoms with Crippen LogP contribution in [-0.2, 0) is 0 Å². The van der Waals surface area contributed by atoms with Crippen molar-refractivity contribution in [1.82, 2.24) is 5.32 Å². The summed E-state index contributed by atoms with van der Waals surface area (Å²) in [5.41, 5.74) is 6.13. The second-order valence-electron chi connectivity index (χ2n) is 4.96. The zero-order chi connectivity index (χ0) is 15.1. The van der Waals surface area contributed by atoms with E-state index in [1.807, 2.05) is 11.8 Å². The Labute approximate surface area is 128 Å². The second-order valence-corrected chi connectivity index (χ2v) is 6.19. The summed E-state index contributed by atoms with van der Waals surface area (Å²) in [7, 11) is 0. The number of carbonyl (C=O) groups is 1. The summed E-state index contributed by atoms with van der Waals surface area (Å²) in [4.78, 5) is 12.2. The van der Waals surface area contributed by atoms with E-state index in [1.165, 1.54) is 18.2 Å². The first-order valence-electron chi connectivity index (χ1n) is 7.05. The lowest BCUT2D eigenvalue weighted by molar-refractivity contribution is 0.0945. The summed E-state index contributed by atoms with van der Waals surface area (Å²) in [5.74, 6) is 7.61. The fourth-order valence-corrected chi connectivity index (χ4v) is 3.45. The van der Waals surface area contributed by atoms with Crippen molar-refractivity contribution < 1.29 is 9.18 Å². The summed E-state index contributed by atoms with van der Waals surface area (Å²) >= 11 is 1.95. The van der Waals surface area contributed by atoms with Crippen LogP contribution in [0.4, 0.5) is 4.39 Å². The van der Waals surface area contributed by atoms with Gasteiger partial charge in [0, 0.05) is 12.1 Å². The molecule has 3 N–H and O–H groups in total. The maximum absolute atomic E-state index is 13.4. The van der Waals surface area contributed by atoms with Crippen molar-refractivity contribution >= 4 is 17.7 Å². The van der Waals surface area contributed by atoms with E-state index in [9.17, 15) is 9.18 Å². The zero-order valence-electron chi connectivity index (χ0n) is 11.8. The number of rotatable bonds is 3. The van der Waals surface area contributed by atoms with Gasteiger partial charge in [0.2, 0.25) is 0 Å². The van der Waals surface area contributed by atoms with Gasteiger partial charge in [-0.1, -0.05) is 11.8 Å². The molecule has 1 aliphatic heterocycles. The van der Waals surface area contributed by atoms with Gasteiger partial charge in [0.1, 0.15) is 5.82 Å². The van der Waals surface area contributed by atoms with E-state index in [4.69, 9.17) is 5.73 Å². The van der Waals surface area contributed by atoms with Crippen molar-refractivity contribution in [2.75, 3.05) is 24.6 Å². The summed E-state index contributed by atoms with van der Waals surface area (Å²) in [5, 5.41) is 2.90. The maximum Gasteiger partial charge on any atom is 0.252 e. The summed E-state index contributed by atoms with van der Waals surface area (Å²) in [6.07, 6.45) is 2.24. The minimum atomic E-state index is -0.437. The molecule has 0 aliphatic carbocycles. The van der Waals surface area contributed by atoms with E-state index in [-0.39, 0.29) is 18.0 Å². The molecule has 0 radical (unpaired) electrons. The molecule has 0 atom stereocenters. The summed E-state index contributed by atoms with van der Waals surface area (Å²) in [6, 6.07) is 4.05. The van der Waals surface area contributed by atoms with Crippen molar-refractivity contribution in [1.29, 1.82) is 0 Å². The predicted octanol–water partition coefficient (Wildman–Crippen LogP) is 2.01. The lowest BCUT2D eigenvalue weighted by Gasteiger charge is -2.21. The van der Waals surface area contributed by atoms with Crippen molar-refractivity contribution in [3.8, 4) is 11.8 Å². The lowest BCUT2D eigenvalue weighted by Crippen LogP contribution is -2.31. The Bertz CT molecular complexity index is 559. The molecule has 112 valence electrons. The molecule has 0 unspecified atom stereocenters. The highest BCUT2D eigenvalue weighted by molar-refractivity contribution is 7.99. The molecule has 1 saturated heterocycles. The highest BCUT2D eigenvalue weighted by Crippen LogP contribution is 2.22. The van der Waals surface area contributed by atoms with Crippen LogP contribution >= 0.6 is 11.8 Å². The molecule has 1 aromatic carbocycles. The van der Waals surface area contributed by atoms with Crippen molar-refractivity contribution in [2.45, 2.75) is 12.8 Å². The number of halogens is 1. The van der Waals surface area contributed by atoms with Gasteiger partial charge in [-0.15, -0.1) is 0 Å². The molecule has 1 amide bonds. The molecule has 1 heterocycles. The molecule has 0 bridgehead atoms. The van der Waals surface area contributed by atoms with E-state index in [1.54, 1.807) is 0 Å². The lowest BCUT2D eigenvalue weighted by atomic mass is 10.0. The van der Waals surface area contributed by atoms with Crippen LogP contribution in [0.25, 0.3) is 0 Å². The molecule has 1 aromatic rings. The van der Waals surface area contributed by atoms with Gasteiger partial charge in [0.25, 0.3) is 5.91 Å². The Morgan fingerprint density at radius 2 is 2.19 bits per heavy atom. The van der Waals surface area contributed by atoms with Crippen LogP contribution in [0.5, 0.6) is 0 Å². The summed E-state index contributed by atoms with van der Waals surface area (Å²) < 4.78 is 13.4. The highest BCUT2D eigenvalue weighted by Gasteiger charge is 2.16. The van der Waals surface area contributed by atoms with Crippen LogP contribution in [0.2, 0.25) is 0 Å². The van der Waals surface area contributed by atoms with E-state index in [2.05, 4.69) is 17.2 Å². The first kappa shape index (κ1) is 15.9. The van der Waals surface area contributed by atoms with Gasteiger partial charge in [-0.25, -0.2) is 4.39 Å². The Balaban J connectivity index is 2.04. The topological polar surface area (TPSA) is 55.1 Å². The molecule has 0 aromatic heterocycles. The molecular weight excluding hydrogens is 287 g/mol. The molecular formula is C16H19FN2OS. The Morgan fingerprint density at radius 1 is 1.43 bits per heavy atom. The van der Waals surface area contributed by atoms with Crippen LogP contribution in [0, 0.1) is 23.6 Å². The number of hydrogen-bond acceptors (Lipinski definition) is 3. The van der Waals surface area contributed by atoms with Gasteiger partial charge in [0.05, 0.1) is 12.1 Å². The van der Waals surface area contributed by atoms with Crippen molar-refractivity contribution in [3.05, 3.63) is 35.1 Å². The van der Waals surface area contributed by atoms with Gasteiger partial charge in [-0.2, -0.15) is 11.8 Å². The number of nitrogens with one attached hydrogen (secondary N) is 1. The minimum absolute atomic E-state index is 0.207. The fraction of sp³-hybridized carbons (Fsp3) is 0.438. The van der Waals surface area contributed by atoms with Crippen molar-refractivity contribution in [2.24, 2.45) is 11.7 Å². The molecule has 21 heavy (non-hydrogen) atoms. The molecule has 3 nitrogen and oxygen atoms in total. The third-order valence-electron chi connectivity index (χ3n) is 3.44. The fourth-order valence-electron chi connectivity index (χ4n) is 2.24. The monoisotopic (exact) mass is 306 g/mol. The van der Waals surface area contributed by atoms with Gasteiger partial charge in [0.15, 0.2) is 0 Å². The number of nitrogens with two attached hydrogens (primary N) is 1. The molecule has 2 rings (SSSR count). The van der Waals surface area contributed by atoms with Crippen LogP contribution < -0.4 is 11.1 Å². The average Bonchev–Trinajstić information content (AvgIpc) is 2.52. The van der Waals surface area contributed by atoms with Gasteiger partial charge >= 0.3 is 0 Å². The van der Waals surface area contributed by atoms with Gasteiger partial charge < -0.3 is 11.1 Å². The van der Waals surface area contributed by atoms with Crippen LogP contribution in [0.1, 0.15) is 28.8 Å². The molecule has 0 saturated carbocycles. The average molecular weight is 306 g/mol. The Hall–Kier alpha value is -1.51. The second kappa shape index (κ2) is 8.06.